The van der Waals surface area contributed by atoms with E-state index in [4.69, 9.17) is 14.5 Å². The fourth-order valence-electron chi connectivity index (χ4n) is 3.09. The van der Waals surface area contributed by atoms with Gasteiger partial charge in [0.1, 0.15) is 0 Å². The normalized spacial score (nSPS) is 14.2. The summed E-state index contributed by atoms with van der Waals surface area (Å²) in [5.74, 6) is 2.41. The lowest BCUT2D eigenvalue weighted by atomic mass is 10.1. The van der Waals surface area contributed by atoms with Crippen LogP contribution in [0.15, 0.2) is 53.5 Å². The molecule has 0 aromatic heterocycles. The molecule has 1 unspecified atom stereocenters. The van der Waals surface area contributed by atoms with Gasteiger partial charge in [-0.15, -0.1) is 0 Å². The lowest BCUT2D eigenvalue weighted by molar-refractivity contribution is 0.174. The summed E-state index contributed by atoms with van der Waals surface area (Å²) in [7, 11) is 4.23. The van der Waals surface area contributed by atoms with Gasteiger partial charge in [-0.1, -0.05) is 36.4 Å². The molecule has 2 N–H and O–H groups in total. The summed E-state index contributed by atoms with van der Waals surface area (Å²) >= 11 is 0. The fourth-order valence-corrected chi connectivity index (χ4v) is 3.09. The summed E-state index contributed by atoms with van der Waals surface area (Å²) in [6.07, 6.45) is 0.988. The molecule has 6 nitrogen and oxygen atoms in total. The van der Waals surface area contributed by atoms with E-state index in [0.29, 0.717) is 19.4 Å². The second-order valence-corrected chi connectivity index (χ2v) is 7.07. The van der Waals surface area contributed by atoms with Crippen LogP contribution in [0, 0.1) is 0 Å². The van der Waals surface area contributed by atoms with Crippen LogP contribution in [0.2, 0.25) is 0 Å². The molecule has 2 aromatic carbocycles. The van der Waals surface area contributed by atoms with Crippen LogP contribution in [-0.4, -0.2) is 50.9 Å². The number of fused-ring (bicyclic) bond motifs is 1. The molecule has 0 radical (unpaired) electrons. The van der Waals surface area contributed by atoms with Crippen molar-refractivity contribution in [2.75, 3.05) is 34.0 Å². The van der Waals surface area contributed by atoms with E-state index < -0.39 is 0 Å². The summed E-state index contributed by atoms with van der Waals surface area (Å²) in [5, 5.41) is 6.81. The summed E-state index contributed by atoms with van der Waals surface area (Å²) in [6.45, 7) is 4.58. The van der Waals surface area contributed by atoms with Crippen molar-refractivity contribution in [2.45, 2.75) is 25.9 Å². The highest BCUT2D eigenvalue weighted by Crippen LogP contribution is 2.32. The molecule has 0 saturated heterocycles. The Morgan fingerprint density at radius 2 is 1.82 bits per heavy atom. The first-order valence-electron chi connectivity index (χ1n) is 9.76. The van der Waals surface area contributed by atoms with Gasteiger partial charge in [-0.05, 0) is 50.7 Å². The third kappa shape index (κ3) is 5.63. The van der Waals surface area contributed by atoms with E-state index in [1.54, 1.807) is 0 Å². The highest BCUT2D eigenvalue weighted by molar-refractivity contribution is 5.79. The summed E-state index contributed by atoms with van der Waals surface area (Å²) in [4.78, 5) is 6.98. The highest BCUT2D eigenvalue weighted by Gasteiger charge is 2.14. The van der Waals surface area contributed by atoms with Crippen LogP contribution in [0.5, 0.6) is 11.5 Å². The van der Waals surface area contributed by atoms with Crippen molar-refractivity contribution >= 4 is 5.96 Å². The first-order chi connectivity index (χ1) is 13.7. The molecule has 0 amide bonds. The quantitative estimate of drug-likeness (QED) is 0.543. The van der Waals surface area contributed by atoms with Gasteiger partial charge < -0.3 is 25.0 Å². The highest BCUT2D eigenvalue weighted by atomic mass is 16.7. The molecule has 150 valence electrons. The Hall–Kier alpha value is -2.73. The van der Waals surface area contributed by atoms with Gasteiger partial charge in [0, 0.05) is 19.1 Å². The van der Waals surface area contributed by atoms with Crippen LogP contribution >= 0.6 is 0 Å². The standard InChI is InChI=1S/C22H30N4O2/c1-4-23-22(24-14-18-10-11-20-21(13-18)28-16-27-20)25-15-19(26(2)3)12-17-8-6-5-7-9-17/h5-11,13,19H,4,12,14-16H2,1-3H3,(H2,23,24,25). The molecule has 1 aliphatic heterocycles. The Bertz CT molecular complexity index is 777. The number of benzene rings is 2. The predicted molar refractivity (Wildman–Crippen MR) is 113 cm³/mol. The topological polar surface area (TPSA) is 58.1 Å². The molecule has 6 heteroatoms. The van der Waals surface area contributed by atoms with E-state index in [0.717, 1.165) is 42.5 Å². The SMILES string of the molecule is CCNC(=NCc1ccc2c(c1)OCO2)NCC(Cc1ccccc1)N(C)C. The fraction of sp³-hybridized carbons (Fsp3) is 0.409. The van der Waals surface area contributed by atoms with Crippen LogP contribution < -0.4 is 20.1 Å². The molecule has 0 spiro atoms. The zero-order chi connectivity index (χ0) is 19.8. The Morgan fingerprint density at radius 1 is 1.04 bits per heavy atom. The smallest absolute Gasteiger partial charge is 0.231 e. The second kappa shape index (κ2) is 9.99. The van der Waals surface area contributed by atoms with Crippen LogP contribution in [0.1, 0.15) is 18.1 Å². The molecule has 0 saturated carbocycles. The average molecular weight is 383 g/mol. The van der Waals surface area contributed by atoms with Crippen molar-refractivity contribution in [3.63, 3.8) is 0 Å². The van der Waals surface area contributed by atoms with E-state index in [-0.39, 0.29) is 0 Å². The van der Waals surface area contributed by atoms with Gasteiger partial charge >= 0.3 is 0 Å². The zero-order valence-corrected chi connectivity index (χ0v) is 16.9. The molecule has 1 heterocycles. The molecule has 3 rings (SSSR count). The molecular weight excluding hydrogens is 352 g/mol. The Labute approximate surface area is 167 Å². The maximum atomic E-state index is 5.45. The van der Waals surface area contributed by atoms with Gasteiger partial charge in [0.2, 0.25) is 6.79 Å². The largest absolute Gasteiger partial charge is 0.454 e. The number of hydrogen-bond acceptors (Lipinski definition) is 4. The molecular formula is C22H30N4O2. The molecule has 0 aliphatic carbocycles. The van der Waals surface area contributed by atoms with E-state index in [2.05, 4.69) is 66.9 Å². The molecule has 1 atom stereocenters. The minimum atomic E-state index is 0.291. The van der Waals surface area contributed by atoms with Crippen molar-refractivity contribution in [2.24, 2.45) is 4.99 Å². The first kappa shape index (κ1) is 20.0. The summed E-state index contributed by atoms with van der Waals surface area (Å²) in [5.41, 5.74) is 2.43. The van der Waals surface area contributed by atoms with E-state index in [1.165, 1.54) is 5.56 Å². The van der Waals surface area contributed by atoms with Gasteiger partial charge in [-0.25, -0.2) is 4.99 Å². The minimum Gasteiger partial charge on any atom is -0.454 e. The Morgan fingerprint density at radius 3 is 2.57 bits per heavy atom. The van der Waals surface area contributed by atoms with Crippen LogP contribution in [0.3, 0.4) is 0 Å². The Balaban J connectivity index is 1.60. The van der Waals surface area contributed by atoms with Crippen LogP contribution in [-0.2, 0) is 13.0 Å². The predicted octanol–water partition coefficient (Wildman–Crippen LogP) is 2.64. The van der Waals surface area contributed by atoms with E-state index in [9.17, 15) is 0 Å². The molecule has 0 fully saturated rings. The number of rotatable bonds is 8. The van der Waals surface area contributed by atoms with Crippen molar-refractivity contribution in [1.29, 1.82) is 0 Å². The number of guanidine groups is 1. The summed E-state index contributed by atoms with van der Waals surface area (Å²) in [6, 6.07) is 16.9. The molecule has 28 heavy (non-hydrogen) atoms. The number of aliphatic imine (C=N–C) groups is 1. The van der Waals surface area contributed by atoms with Crippen LogP contribution in [0.4, 0.5) is 0 Å². The third-order valence-corrected chi connectivity index (χ3v) is 4.75. The number of likely N-dealkylation sites (N-methyl/N-ethyl adjacent to an activating group) is 1. The number of nitrogens with zero attached hydrogens (tertiary/aromatic N) is 2. The number of hydrogen-bond donors (Lipinski definition) is 2. The zero-order valence-electron chi connectivity index (χ0n) is 16.9. The van der Waals surface area contributed by atoms with Crippen LogP contribution in [0.25, 0.3) is 0 Å². The van der Waals surface area contributed by atoms with Gasteiger partial charge in [-0.2, -0.15) is 0 Å². The molecule has 2 aromatic rings. The van der Waals surface area contributed by atoms with Crippen molar-refractivity contribution in [3.8, 4) is 11.5 Å². The Kier molecular flexibility index (Phi) is 7.14. The van der Waals surface area contributed by atoms with Crippen molar-refractivity contribution in [1.82, 2.24) is 15.5 Å². The van der Waals surface area contributed by atoms with Crippen molar-refractivity contribution in [3.05, 3.63) is 59.7 Å². The average Bonchev–Trinajstić information content (AvgIpc) is 3.17. The van der Waals surface area contributed by atoms with Gasteiger partial charge in [0.05, 0.1) is 6.54 Å². The van der Waals surface area contributed by atoms with Crippen molar-refractivity contribution < 1.29 is 9.47 Å². The maximum Gasteiger partial charge on any atom is 0.231 e. The van der Waals surface area contributed by atoms with Gasteiger partial charge in [0.25, 0.3) is 0 Å². The number of ether oxygens (including phenoxy) is 2. The monoisotopic (exact) mass is 382 g/mol. The summed E-state index contributed by atoms with van der Waals surface area (Å²) < 4.78 is 10.8. The van der Waals surface area contributed by atoms with Gasteiger partial charge in [0.15, 0.2) is 17.5 Å². The molecule has 1 aliphatic rings. The van der Waals surface area contributed by atoms with Gasteiger partial charge in [-0.3, -0.25) is 0 Å². The number of nitrogens with one attached hydrogen (secondary N) is 2. The molecule has 0 bridgehead atoms. The third-order valence-electron chi connectivity index (χ3n) is 4.75. The lowest BCUT2D eigenvalue weighted by Gasteiger charge is -2.25. The maximum absolute atomic E-state index is 5.45. The lowest BCUT2D eigenvalue weighted by Crippen LogP contribution is -2.46. The minimum absolute atomic E-state index is 0.291. The van der Waals surface area contributed by atoms with E-state index in [1.807, 2.05) is 18.2 Å². The second-order valence-electron chi connectivity index (χ2n) is 7.07. The first-order valence-corrected chi connectivity index (χ1v) is 9.76. The van der Waals surface area contributed by atoms with E-state index >= 15 is 0 Å².